The van der Waals surface area contributed by atoms with E-state index in [0.717, 1.165) is 22.3 Å². The monoisotopic (exact) mass is 411 g/mol. The van der Waals surface area contributed by atoms with E-state index >= 15 is 0 Å². The summed E-state index contributed by atoms with van der Waals surface area (Å²) in [4.78, 5) is 11.5. The molecule has 2 aromatic rings. The van der Waals surface area contributed by atoms with E-state index in [4.69, 9.17) is 10.5 Å². The third kappa shape index (κ3) is 5.76. The zero-order chi connectivity index (χ0) is 20.1. The van der Waals surface area contributed by atoms with Gasteiger partial charge in [-0.15, -0.1) is 12.4 Å². The van der Waals surface area contributed by atoms with Gasteiger partial charge in [0.2, 0.25) is 0 Å². The molecule has 6 heteroatoms. The molecule has 0 saturated heterocycles. The van der Waals surface area contributed by atoms with Crippen molar-refractivity contribution in [3.63, 3.8) is 0 Å². The lowest BCUT2D eigenvalue weighted by molar-refractivity contribution is -0.143. The second-order valence-corrected chi connectivity index (χ2v) is 6.91. The quantitative estimate of drug-likeness (QED) is 0.593. The summed E-state index contributed by atoms with van der Waals surface area (Å²) in [5, 5.41) is 0. The Morgan fingerprint density at radius 3 is 2.25 bits per heavy atom. The molecular weight excluding hydrogens is 384 g/mol. The largest absolute Gasteiger partial charge is 0.466 e. The van der Waals surface area contributed by atoms with Crippen LogP contribution in [-0.2, 0) is 9.53 Å². The smallest absolute Gasteiger partial charge is 0.305 e. The van der Waals surface area contributed by atoms with E-state index in [0.29, 0.717) is 30.6 Å². The first-order chi connectivity index (χ1) is 12.7. The van der Waals surface area contributed by atoms with Crippen LogP contribution in [0.15, 0.2) is 24.3 Å². The van der Waals surface area contributed by atoms with E-state index < -0.39 is 6.04 Å². The van der Waals surface area contributed by atoms with Crippen LogP contribution in [0.1, 0.15) is 54.5 Å². The Balaban J connectivity index is 0.00000392. The number of nitrogens with two attached hydrogens (primary N) is 1. The van der Waals surface area contributed by atoms with E-state index in [1.54, 1.807) is 26.0 Å². The summed E-state index contributed by atoms with van der Waals surface area (Å²) in [6.45, 7) is 7.47. The van der Waals surface area contributed by atoms with Crippen molar-refractivity contribution < 1.29 is 18.3 Å². The minimum absolute atomic E-state index is 0. The molecule has 0 spiro atoms. The second-order valence-electron chi connectivity index (χ2n) is 6.91. The maximum atomic E-state index is 14.7. The van der Waals surface area contributed by atoms with Crippen molar-refractivity contribution in [3.05, 3.63) is 58.2 Å². The number of hydrogen-bond donors (Lipinski definition) is 1. The highest BCUT2D eigenvalue weighted by Gasteiger charge is 2.18. The van der Waals surface area contributed by atoms with E-state index in [1.165, 1.54) is 12.1 Å². The number of halogens is 3. The molecule has 0 aliphatic rings. The molecule has 2 aromatic carbocycles. The lowest BCUT2D eigenvalue weighted by atomic mass is 9.90. The molecule has 0 radical (unpaired) electrons. The maximum Gasteiger partial charge on any atom is 0.305 e. The van der Waals surface area contributed by atoms with Gasteiger partial charge in [-0.2, -0.15) is 0 Å². The van der Waals surface area contributed by atoms with Gasteiger partial charge in [-0.3, -0.25) is 4.79 Å². The predicted octanol–water partition coefficient (Wildman–Crippen LogP) is 5.71. The Kier molecular flexibility index (Phi) is 9.05. The highest BCUT2D eigenvalue weighted by Crippen LogP contribution is 2.33. The fourth-order valence-corrected chi connectivity index (χ4v) is 3.43. The number of benzene rings is 2. The normalized spacial score (nSPS) is 11.7. The molecule has 3 nitrogen and oxygen atoms in total. The molecule has 0 unspecified atom stereocenters. The fourth-order valence-electron chi connectivity index (χ4n) is 3.43. The van der Waals surface area contributed by atoms with Gasteiger partial charge in [-0.05, 0) is 92.6 Å². The van der Waals surface area contributed by atoms with Crippen molar-refractivity contribution in [2.24, 2.45) is 5.73 Å². The average Bonchev–Trinajstić information content (AvgIpc) is 2.57. The van der Waals surface area contributed by atoms with Crippen LogP contribution in [-0.4, -0.2) is 12.6 Å². The van der Waals surface area contributed by atoms with Crippen LogP contribution in [0.2, 0.25) is 0 Å². The second kappa shape index (κ2) is 10.5. The van der Waals surface area contributed by atoms with E-state index in [2.05, 4.69) is 0 Å². The highest BCUT2D eigenvalue weighted by atomic mass is 35.5. The molecule has 0 bridgehead atoms. The van der Waals surface area contributed by atoms with Crippen LogP contribution in [0.4, 0.5) is 8.78 Å². The molecule has 0 amide bonds. The zero-order valence-corrected chi connectivity index (χ0v) is 17.6. The number of aryl methyl sites for hydroxylation is 3. The van der Waals surface area contributed by atoms with Crippen LogP contribution in [0, 0.1) is 32.4 Å². The molecule has 2 N–H and O–H groups in total. The van der Waals surface area contributed by atoms with Crippen molar-refractivity contribution in [1.29, 1.82) is 0 Å². The Morgan fingerprint density at radius 2 is 1.68 bits per heavy atom. The van der Waals surface area contributed by atoms with E-state index in [9.17, 15) is 13.6 Å². The van der Waals surface area contributed by atoms with Gasteiger partial charge < -0.3 is 10.5 Å². The van der Waals surface area contributed by atoms with Gasteiger partial charge in [0.25, 0.3) is 0 Å². The molecule has 0 fully saturated rings. The first-order valence-corrected chi connectivity index (χ1v) is 9.23. The van der Waals surface area contributed by atoms with Crippen molar-refractivity contribution in [3.8, 4) is 11.1 Å². The minimum Gasteiger partial charge on any atom is -0.466 e. The topological polar surface area (TPSA) is 52.3 Å². The average molecular weight is 412 g/mol. The summed E-state index contributed by atoms with van der Waals surface area (Å²) >= 11 is 0. The SMILES string of the molecule is CCOC(=O)CCC[C@H](N)c1cc(-c2c(C)cc(F)cc2C)cc(C)c1F.Cl. The van der Waals surface area contributed by atoms with Gasteiger partial charge >= 0.3 is 5.97 Å². The summed E-state index contributed by atoms with van der Waals surface area (Å²) in [6, 6.07) is 5.92. The zero-order valence-electron chi connectivity index (χ0n) is 16.8. The third-order valence-electron chi connectivity index (χ3n) is 4.67. The molecular formula is C22H28ClF2NO2. The van der Waals surface area contributed by atoms with Crippen LogP contribution in [0.3, 0.4) is 0 Å². The van der Waals surface area contributed by atoms with Gasteiger partial charge in [-0.25, -0.2) is 8.78 Å². The number of ether oxygens (including phenoxy) is 1. The molecule has 0 aromatic heterocycles. The molecule has 1 atom stereocenters. The molecule has 0 saturated carbocycles. The first kappa shape index (κ1) is 24.1. The number of rotatable bonds is 7. The van der Waals surface area contributed by atoms with Crippen LogP contribution in [0.25, 0.3) is 11.1 Å². The Labute approximate surface area is 171 Å². The van der Waals surface area contributed by atoms with Gasteiger partial charge in [0.15, 0.2) is 0 Å². The van der Waals surface area contributed by atoms with Gasteiger partial charge in [-0.1, -0.05) is 0 Å². The fraction of sp³-hybridized carbons (Fsp3) is 0.409. The standard InChI is InChI=1S/C22H27F2NO2.ClH/c1-5-27-20(26)8-6-7-19(25)18-12-16(9-15(4)22(18)24)21-13(2)10-17(23)11-14(21)3;/h9-12,19H,5-8,25H2,1-4H3;1H/t19-;/m0./s1. The molecule has 0 heterocycles. The van der Waals surface area contributed by atoms with Crippen LogP contribution >= 0.6 is 12.4 Å². The molecule has 154 valence electrons. The van der Waals surface area contributed by atoms with Crippen LogP contribution < -0.4 is 5.73 Å². The van der Waals surface area contributed by atoms with Crippen molar-refractivity contribution in [2.45, 2.75) is 53.0 Å². The van der Waals surface area contributed by atoms with E-state index in [-0.39, 0.29) is 36.4 Å². The van der Waals surface area contributed by atoms with Crippen molar-refractivity contribution in [2.75, 3.05) is 6.61 Å². The lowest BCUT2D eigenvalue weighted by Gasteiger charge is -2.18. The summed E-state index contributed by atoms with van der Waals surface area (Å²) in [5.74, 6) is -0.893. The maximum absolute atomic E-state index is 14.7. The highest BCUT2D eigenvalue weighted by molar-refractivity contribution is 5.85. The molecule has 0 aliphatic heterocycles. The molecule has 2 rings (SSSR count). The van der Waals surface area contributed by atoms with Crippen LogP contribution in [0.5, 0.6) is 0 Å². The summed E-state index contributed by atoms with van der Waals surface area (Å²) in [6.07, 6.45) is 1.26. The number of carbonyl (C=O) groups excluding carboxylic acids is 1. The Morgan fingerprint density at radius 1 is 1.07 bits per heavy atom. The van der Waals surface area contributed by atoms with Crippen molar-refractivity contribution in [1.82, 2.24) is 0 Å². The summed E-state index contributed by atoms with van der Waals surface area (Å²) < 4.78 is 33.2. The van der Waals surface area contributed by atoms with Crippen molar-refractivity contribution >= 4 is 18.4 Å². The number of carbonyl (C=O) groups is 1. The van der Waals surface area contributed by atoms with Gasteiger partial charge in [0, 0.05) is 18.0 Å². The van der Waals surface area contributed by atoms with Gasteiger partial charge in [0.1, 0.15) is 11.6 Å². The third-order valence-corrected chi connectivity index (χ3v) is 4.67. The van der Waals surface area contributed by atoms with E-state index in [1.807, 2.05) is 13.8 Å². The number of hydrogen-bond acceptors (Lipinski definition) is 3. The Hall–Kier alpha value is -1.98. The summed E-state index contributed by atoms with van der Waals surface area (Å²) in [7, 11) is 0. The van der Waals surface area contributed by atoms with Gasteiger partial charge in [0.05, 0.1) is 6.61 Å². The predicted molar refractivity (Wildman–Crippen MR) is 111 cm³/mol. The summed E-state index contributed by atoms with van der Waals surface area (Å²) in [5.41, 5.74) is 10.4. The molecule has 28 heavy (non-hydrogen) atoms. The lowest BCUT2D eigenvalue weighted by Crippen LogP contribution is -2.14. The molecule has 0 aliphatic carbocycles. The first-order valence-electron chi connectivity index (χ1n) is 9.23. The Bertz CT molecular complexity index is 817. The number of esters is 1. The minimum atomic E-state index is -0.529.